The van der Waals surface area contributed by atoms with E-state index in [-0.39, 0.29) is 16.7 Å². The van der Waals surface area contributed by atoms with Crippen LogP contribution in [0, 0.1) is 34.5 Å². The van der Waals surface area contributed by atoms with Gasteiger partial charge in [0, 0.05) is 18.7 Å². The van der Waals surface area contributed by atoms with Crippen LogP contribution in [0.5, 0.6) is 0 Å². The molecule has 0 saturated heterocycles. The minimum atomic E-state index is -0.715. The van der Waals surface area contributed by atoms with Gasteiger partial charge in [0.1, 0.15) is 11.0 Å². The molecule has 3 saturated carbocycles. The third kappa shape index (κ3) is 5.25. The highest BCUT2D eigenvalue weighted by Crippen LogP contribution is 2.64. The number of Topliss-reactive ketones (excluding diaryl/α,β-unsaturated/α-hetero) is 1. The lowest BCUT2D eigenvalue weighted by atomic mass is 9.51. The van der Waals surface area contributed by atoms with Gasteiger partial charge < -0.3 is 9.84 Å². The van der Waals surface area contributed by atoms with Gasteiger partial charge in [0.05, 0.1) is 24.9 Å². The minimum Gasteiger partial charge on any atom is -0.387 e. The number of ether oxygens (including phenoxy) is 1. The molecule has 0 bridgehead atoms. The van der Waals surface area contributed by atoms with Crippen molar-refractivity contribution >= 4 is 16.8 Å². The summed E-state index contributed by atoms with van der Waals surface area (Å²) >= 11 is 0. The molecule has 2 aromatic rings. The lowest BCUT2D eigenvalue weighted by molar-refractivity contribution is -0.131. The molecule has 0 radical (unpaired) electrons. The first-order valence-corrected chi connectivity index (χ1v) is 14.8. The summed E-state index contributed by atoms with van der Waals surface area (Å²) in [5.74, 6) is 2.55. The fraction of sp³-hybridized carbons (Fsp3) is 0.774. The fourth-order valence-electron chi connectivity index (χ4n) is 9.01. The van der Waals surface area contributed by atoms with Crippen LogP contribution < -0.4 is 0 Å². The molecule has 3 aliphatic carbocycles. The van der Waals surface area contributed by atoms with Crippen molar-refractivity contribution in [3.05, 3.63) is 24.5 Å². The van der Waals surface area contributed by atoms with Crippen LogP contribution in [-0.4, -0.2) is 44.5 Å². The molecule has 7 atom stereocenters. The maximum Gasteiger partial charge on any atom is 0.157 e. The summed E-state index contributed by atoms with van der Waals surface area (Å²) < 4.78 is 7.52. The second kappa shape index (κ2) is 10.4. The van der Waals surface area contributed by atoms with Gasteiger partial charge in [-0.25, -0.2) is 0 Å². The van der Waals surface area contributed by atoms with Crippen molar-refractivity contribution in [3.8, 4) is 0 Å². The molecule has 6 nitrogen and oxygen atoms in total. The maximum absolute atomic E-state index is 13.6. The maximum atomic E-state index is 13.6. The first-order valence-electron chi connectivity index (χ1n) is 14.8. The number of pyridine rings is 1. The number of aromatic nitrogens is 3. The topological polar surface area (TPSA) is 77.2 Å². The molecule has 2 aromatic heterocycles. The largest absolute Gasteiger partial charge is 0.387 e. The van der Waals surface area contributed by atoms with Crippen LogP contribution in [0.2, 0.25) is 0 Å². The van der Waals surface area contributed by atoms with Crippen LogP contribution in [0.25, 0.3) is 11.0 Å². The highest BCUT2D eigenvalue weighted by atomic mass is 16.5. The number of fused-ring (bicyclic) bond motifs is 4. The normalized spacial score (nSPS) is 35.2. The minimum absolute atomic E-state index is 0.106. The monoisotopic (exact) mass is 509 g/mol. The number of ketones is 1. The highest BCUT2D eigenvalue weighted by molar-refractivity contribution is 5.82. The zero-order chi connectivity index (χ0) is 26.3. The summed E-state index contributed by atoms with van der Waals surface area (Å²) in [5, 5.41) is 16.0. The summed E-state index contributed by atoms with van der Waals surface area (Å²) in [4.78, 5) is 18.0. The van der Waals surface area contributed by atoms with Gasteiger partial charge in [-0.05, 0) is 105 Å². The highest BCUT2D eigenvalue weighted by Gasteiger charge is 2.57. The van der Waals surface area contributed by atoms with E-state index in [1.54, 1.807) is 10.9 Å². The average Bonchev–Trinajstić information content (AvgIpc) is 3.42. The first kappa shape index (κ1) is 26.8. The zero-order valence-electron chi connectivity index (χ0n) is 23.4. The van der Waals surface area contributed by atoms with Gasteiger partial charge in [-0.3, -0.25) is 14.5 Å². The van der Waals surface area contributed by atoms with Crippen LogP contribution in [0.15, 0.2) is 24.5 Å². The summed E-state index contributed by atoms with van der Waals surface area (Å²) in [6, 6.07) is 3.84. The molecule has 1 N–H and O–H groups in total. The Morgan fingerprint density at radius 1 is 1.19 bits per heavy atom. The van der Waals surface area contributed by atoms with E-state index in [9.17, 15) is 9.90 Å². The van der Waals surface area contributed by atoms with E-state index in [0.29, 0.717) is 43.3 Å². The van der Waals surface area contributed by atoms with E-state index >= 15 is 0 Å². The van der Waals surface area contributed by atoms with Gasteiger partial charge in [-0.1, -0.05) is 27.2 Å². The first-order chi connectivity index (χ1) is 17.7. The number of nitrogens with zero attached hydrogens (tertiary/aromatic N) is 3. The van der Waals surface area contributed by atoms with Crippen molar-refractivity contribution in [1.29, 1.82) is 0 Å². The quantitative estimate of drug-likeness (QED) is 0.412. The molecular weight excluding hydrogens is 462 g/mol. The number of carbonyl (C=O) groups is 1. The standard InChI is InChI=1S/C31H47N3O3/c1-5-13-31(36,21-37-6-2)20-29(3)14-12-23-22(17-29)11-15-30(4)24(23)9-10-25(30)28(35)19-34-18-27-26(33-34)8-7-16-32-27/h7-8,16,18,22-25,36H,5-6,9-15,17,19-21H2,1-4H3/t22-,23-,24+,25-,29-,30+,31-/m1/s1. The average molecular weight is 510 g/mol. The van der Waals surface area contributed by atoms with Crippen LogP contribution >= 0.6 is 0 Å². The Labute approximate surface area is 222 Å². The summed E-state index contributed by atoms with van der Waals surface area (Å²) in [6.45, 7) is 10.4. The van der Waals surface area contributed by atoms with E-state index in [1.807, 2.05) is 25.3 Å². The second-order valence-corrected chi connectivity index (χ2v) is 13.2. The molecule has 0 aromatic carbocycles. The van der Waals surface area contributed by atoms with Crippen molar-refractivity contribution in [2.75, 3.05) is 13.2 Å². The Morgan fingerprint density at radius 2 is 2.03 bits per heavy atom. The molecule has 0 spiro atoms. The van der Waals surface area contributed by atoms with Crippen LogP contribution in [-0.2, 0) is 16.1 Å². The SMILES string of the molecule is CCC[C@](O)(COCC)C[C@]1(C)CC[C@@H]2[C@H](CC[C@]3(C)[C@@H](C(=O)Cn4cc5ncccc5n4)CC[C@@H]23)C1. The van der Waals surface area contributed by atoms with E-state index in [2.05, 4.69) is 30.9 Å². The Morgan fingerprint density at radius 3 is 2.78 bits per heavy atom. The smallest absolute Gasteiger partial charge is 0.157 e. The Kier molecular flexibility index (Phi) is 7.54. The van der Waals surface area contributed by atoms with Crippen molar-refractivity contribution in [1.82, 2.24) is 14.8 Å². The van der Waals surface area contributed by atoms with E-state index in [1.165, 1.54) is 32.1 Å². The predicted molar refractivity (Wildman–Crippen MR) is 146 cm³/mol. The molecule has 0 unspecified atom stereocenters. The van der Waals surface area contributed by atoms with E-state index in [0.717, 1.165) is 43.1 Å². The van der Waals surface area contributed by atoms with Crippen molar-refractivity contribution in [2.45, 2.75) is 104 Å². The molecule has 204 valence electrons. The number of rotatable bonds is 10. The van der Waals surface area contributed by atoms with Gasteiger partial charge in [0.2, 0.25) is 0 Å². The third-order valence-corrected chi connectivity index (χ3v) is 10.5. The Hall–Kier alpha value is -1.79. The van der Waals surface area contributed by atoms with Gasteiger partial charge in [-0.2, -0.15) is 5.10 Å². The number of carbonyl (C=O) groups excluding carboxylic acids is 1. The third-order valence-electron chi connectivity index (χ3n) is 10.5. The summed E-state index contributed by atoms with van der Waals surface area (Å²) in [6.07, 6.45) is 14.5. The molecule has 5 rings (SSSR count). The molecule has 3 aliphatic rings. The lowest BCUT2D eigenvalue weighted by Gasteiger charge is -2.54. The summed E-state index contributed by atoms with van der Waals surface area (Å²) in [7, 11) is 0. The van der Waals surface area contributed by atoms with Gasteiger partial charge in [-0.15, -0.1) is 0 Å². The zero-order valence-corrected chi connectivity index (χ0v) is 23.4. The molecule has 0 amide bonds. The fourth-order valence-corrected chi connectivity index (χ4v) is 9.01. The predicted octanol–water partition coefficient (Wildman–Crippen LogP) is 6.21. The van der Waals surface area contributed by atoms with Crippen molar-refractivity contribution in [3.63, 3.8) is 0 Å². The number of aliphatic hydroxyl groups is 1. The molecule has 3 fully saturated rings. The Balaban J connectivity index is 1.25. The number of hydrogen-bond donors (Lipinski definition) is 1. The second-order valence-electron chi connectivity index (χ2n) is 13.2. The molecule has 0 aliphatic heterocycles. The van der Waals surface area contributed by atoms with Gasteiger partial charge >= 0.3 is 0 Å². The lowest BCUT2D eigenvalue weighted by Crippen LogP contribution is -2.49. The molecule has 2 heterocycles. The van der Waals surface area contributed by atoms with Crippen LogP contribution in [0.3, 0.4) is 0 Å². The van der Waals surface area contributed by atoms with Crippen molar-refractivity contribution in [2.24, 2.45) is 34.5 Å². The van der Waals surface area contributed by atoms with E-state index in [4.69, 9.17) is 4.74 Å². The van der Waals surface area contributed by atoms with Gasteiger partial charge in [0.15, 0.2) is 5.78 Å². The van der Waals surface area contributed by atoms with Crippen LogP contribution in [0.1, 0.15) is 91.9 Å². The van der Waals surface area contributed by atoms with Crippen LogP contribution in [0.4, 0.5) is 0 Å². The summed E-state index contributed by atoms with van der Waals surface area (Å²) in [5.41, 5.74) is 1.26. The number of hydrogen-bond acceptors (Lipinski definition) is 5. The molecule has 6 heteroatoms. The Bertz CT molecular complexity index is 1070. The molecule has 37 heavy (non-hydrogen) atoms. The van der Waals surface area contributed by atoms with Crippen molar-refractivity contribution < 1.29 is 14.6 Å². The van der Waals surface area contributed by atoms with E-state index < -0.39 is 5.60 Å². The molecular formula is C31H47N3O3. The van der Waals surface area contributed by atoms with Gasteiger partial charge in [0.25, 0.3) is 0 Å².